The third kappa shape index (κ3) is 6.45. The SMILES string of the molecule is C[C@@H]1C[C@H](N)CN(c2ccncc2NC(=O)c2ccc(F)c(-c3c(F)cc(N4CCN(S(C)(=O)=O)CC4)cc3F)c2F)C1. The summed E-state index contributed by atoms with van der Waals surface area (Å²) in [5.74, 6) is -5.81. The third-order valence-corrected chi connectivity index (χ3v) is 9.07. The van der Waals surface area contributed by atoms with E-state index >= 15 is 13.2 Å². The molecule has 3 heterocycles. The number of piperazine rings is 1. The predicted molar refractivity (Wildman–Crippen MR) is 156 cm³/mol. The van der Waals surface area contributed by atoms with Crippen LogP contribution in [0.25, 0.3) is 11.1 Å². The first-order valence-corrected chi connectivity index (χ1v) is 15.6. The maximum Gasteiger partial charge on any atom is 0.258 e. The molecular formula is C29H32F4N6O3S. The van der Waals surface area contributed by atoms with E-state index in [0.717, 1.165) is 36.9 Å². The lowest BCUT2D eigenvalue weighted by molar-refractivity contribution is 0.102. The number of hydrogen-bond donors (Lipinski definition) is 2. The zero-order chi connectivity index (χ0) is 31.1. The summed E-state index contributed by atoms with van der Waals surface area (Å²) in [7, 11) is -3.41. The lowest BCUT2D eigenvalue weighted by Crippen LogP contribution is -2.48. The summed E-state index contributed by atoms with van der Waals surface area (Å²) in [5, 5.41) is 2.60. The number of carbonyl (C=O) groups is 1. The summed E-state index contributed by atoms with van der Waals surface area (Å²) in [5.41, 5.74) is 4.59. The first-order chi connectivity index (χ1) is 20.3. The molecule has 3 aromatic rings. The number of piperidine rings is 1. The molecule has 0 saturated carbocycles. The minimum Gasteiger partial charge on any atom is -0.369 e. The van der Waals surface area contributed by atoms with Crippen LogP contribution in [0.1, 0.15) is 23.7 Å². The Morgan fingerprint density at radius 1 is 0.953 bits per heavy atom. The van der Waals surface area contributed by atoms with Gasteiger partial charge in [0.2, 0.25) is 10.0 Å². The fourth-order valence-corrected chi connectivity index (χ4v) is 6.59. The Balaban J connectivity index is 1.42. The second kappa shape index (κ2) is 12.1. The second-order valence-corrected chi connectivity index (χ2v) is 13.1. The maximum absolute atomic E-state index is 15.8. The normalized spacial score (nSPS) is 19.9. The number of amides is 1. The predicted octanol–water partition coefficient (Wildman–Crippen LogP) is 3.81. The van der Waals surface area contributed by atoms with Gasteiger partial charge >= 0.3 is 0 Å². The van der Waals surface area contributed by atoms with E-state index in [1.807, 2.05) is 4.90 Å². The zero-order valence-electron chi connectivity index (χ0n) is 23.7. The fraction of sp³-hybridized carbons (Fsp3) is 0.379. The second-order valence-electron chi connectivity index (χ2n) is 11.1. The van der Waals surface area contributed by atoms with Gasteiger partial charge in [-0.3, -0.25) is 9.78 Å². The van der Waals surface area contributed by atoms with Crippen molar-refractivity contribution in [1.82, 2.24) is 9.29 Å². The summed E-state index contributed by atoms with van der Waals surface area (Å²) in [6.45, 7) is 3.85. The van der Waals surface area contributed by atoms with Crippen molar-refractivity contribution >= 4 is 33.0 Å². The Morgan fingerprint density at radius 3 is 2.26 bits per heavy atom. The molecule has 2 aliphatic heterocycles. The highest BCUT2D eigenvalue weighted by atomic mass is 32.2. The number of nitrogens with one attached hydrogen (secondary N) is 1. The molecule has 2 atom stereocenters. The van der Waals surface area contributed by atoms with Gasteiger partial charge in [-0.05, 0) is 42.7 Å². The molecule has 0 bridgehead atoms. The lowest BCUT2D eigenvalue weighted by atomic mass is 9.96. The number of aromatic nitrogens is 1. The van der Waals surface area contributed by atoms with Gasteiger partial charge in [0, 0.05) is 57.2 Å². The first-order valence-electron chi connectivity index (χ1n) is 13.8. The van der Waals surface area contributed by atoms with Gasteiger partial charge in [-0.25, -0.2) is 26.0 Å². The quantitative estimate of drug-likeness (QED) is 0.403. The van der Waals surface area contributed by atoms with Crippen LogP contribution in [0.4, 0.5) is 34.6 Å². The van der Waals surface area contributed by atoms with Gasteiger partial charge in [-0.1, -0.05) is 6.92 Å². The number of carbonyl (C=O) groups excluding carboxylic acids is 1. The van der Waals surface area contributed by atoms with E-state index in [4.69, 9.17) is 5.73 Å². The molecule has 1 aromatic heterocycles. The molecular weight excluding hydrogens is 588 g/mol. The average molecular weight is 621 g/mol. The molecule has 3 N–H and O–H groups in total. The summed E-state index contributed by atoms with van der Waals surface area (Å²) in [4.78, 5) is 20.9. The van der Waals surface area contributed by atoms with E-state index in [1.54, 1.807) is 17.2 Å². The van der Waals surface area contributed by atoms with Gasteiger partial charge in [0.1, 0.15) is 23.3 Å². The fourth-order valence-electron chi connectivity index (χ4n) is 5.76. The molecule has 2 aliphatic rings. The molecule has 230 valence electrons. The van der Waals surface area contributed by atoms with Crippen molar-refractivity contribution in [1.29, 1.82) is 0 Å². The number of pyridine rings is 1. The number of nitrogens with zero attached hydrogens (tertiary/aromatic N) is 4. The Kier molecular flexibility index (Phi) is 8.63. The summed E-state index contributed by atoms with van der Waals surface area (Å²) in [6, 6.07) is 5.17. The first kappa shape index (κ1) is 30.7. The van der Waals surface area contributed by atoms with Crippen LogP contribution < -0.4 is 20.9 Å². The van der Waals surface area contributed by atoms with Gasteiger partial charge in [0.15, 0.2) is 0 Å². The number of nitrogens with two attached hydrogens (primary N) is 1. The van der Waals surface area contributed by atoms with E-state index in [0.29, 0.717) is 24.7 Å². The van der Waals surface area contributed by atoms with E-state index in [1.165, 1.54) is 10.5 Å². The van der Waals surface area contributed by atoms with E-state index in [9.17, 15) is 17.6 Å². The van der Waals surface area contributed by atoms with Crippen molar-refractivity contribution in [2.24, 2.45) is 11.7 Å². The molecule has 2 saturated heterocycles. The molecule has 5 rings (SSSR count). The Labute approximate surface area is 247 Å². The van der Waals surface area contributed by atoms with Crippen molar-refractivity contribution in [3.63, 3.8) is 0 Å². The number of anilines is 3. The smallest absolute Gasteiger partial charge is 0.258 e. The van der Waals surface area contributed by atoms with Crippen molar-refractivity contribution in [3.05, 3.63) is 71.6 Å². The number of halogens is 4. The molecule has 43 heavy (non-hydrogen) atoms. The molecule has 0 spiro atoms. The highest BCUT2D eigenvalue weighted by Crippen LogP contribution is 2.36. The zero-order valence-corrected chi connectivity index (χ0v) is 24.5. The van der Waals surface area contributed by atoms with E-state index < -0.39 is 55.9 Å². The van der Waals surface area contributed by atoms with Crippen molar-refractivity contribution in [3.8, 4) is 11.1 Å². The van der Waals surface area contributed by atoms with Crippen LogP contribution in [0.15, 0.2) is 42.7 Å². The van der Waals surface area contributed by atoms with E-state index in [2.05, 4.69) is 17.2 Å². The maximum atomic E-state index is 15.8. The standard InChI is InChI=1S/C29H32F4N6O3S/c1-17-11-18(34)16-38(15-17)25-5-6-35-14-24(25)36-29(40)20-3-4-21(30)27(28(20)33)26-22(31)12-19(13-23(26)32)37-7-9-39(10-8-37)43(2,41)42/h3-6,12-14,17-18H,7-11,15-16,34H2,1-2H3,(H,36,40)/t17-,18+/m1/s1. The van der Waals surface area contributed by atoms with E-state index in [-0.39, 0.29) is 43.6 Å². The van der Waals surface area contributed by atoms with Crippen molar-refractivity contribution < 1.29 is 30.8 Å². The van der Waals surface area contributed by atoms with Crippen LogP contribution in [-0.2, 0) is 10.0 Å². The largest absolute Gasteiger partial charge is 0.369 e. The molecule has 2 fully saturated rings. The average Bonchev–Trinajstić information content (AvgIpc) is 2.93. The van der Waals surface area contributed by atoms with Gasteiger partial charge < -0.3 is 20.9 Å². The monoisotopic (exact) mass is 620 g/mol. The molecule has 2 aromatic carbocycles. The van der Waals surface area contributed by atoms with Crippen LogP contribution in [0.5, 0.6) is 0 Å². The Morgan fingerprint density at radius 2 is 1.63 bits per heavy atom. The Bertz CT molecular complexity index is 1620. The van der Waals surface area contributed by atoms with Gasteiger partial charge in [0.25, 0.3) is 5.91 Å². The number of sulfonamides is 1. The Hall–Kier alpha value is -3.75. The third-order valence-electron chi connectivity index (χ3n) is 7.76. The van der Waals surface area contributed by atoms with Crippen LogP contribution in [0.2, 0.25) is 0 Å². The summed E-state index contributed by atoms with van der Waals surface area (Å²) >= 11 is 0. The van der Waals surface area contributed by atoms with Crippen LogP contribution >= 0.6 is 0 Å². The topological polar surface area (TPSA) is 112 Å². The number of hydrogen-bond acceptors (Lipinski definition) is 7. The number of benzene rings is 2. The molecule has 9 nitrogen and oxygen atoms in total. The summed E-state index contributed by atoms with van der Waals surface area (Å²) < 4.78 is 86.2. The minimum atomic E-state index is -3.41. The van der Waals surface area contributed by atoms with Gasteiger partial charge in [-0.15, -0.1) is 0 Å². The van der Waals surface area contributed by atoms with Crippen molar-refractivity contribution in [2.45, 2.75) is 19.4 Å². The van der Waals surface area contributed by atoms with Gasteiger partial charge in [-0.2, -0.15) is 4.31 Å². The van der Waals surface area contributed by atoms with Crippen LogP contribution in [0, 0.1) is 29.2 Å². The minimum absolute atomic E-state index is 0.0779. The molecule has 0 radical (unpaired) electrons. The molecule has 0 unspecified atom stereocenters. The van der Waals surface area contributed by atoms with Crippen LogP contribution in [0.3, 0.4) is 0 Å². The lowest BCUT2D eigenvalue weighted by Gasteiger charge is -2.37. The van der Waals surface area contributed by atoms with Gasteiger partial charge in [0.05, 0.1) is 40.5 Å². The van der Waals surface area contributed by atoms with Crippen molar-refractivity contribution in [2.75, 3.05) is 60.6 Å². The summed E-state index contributed by atoms with van der Waals surface area (Å²) in [6.07, 6.45) is 4.87. The number of rotatable bonds is 6. The molecule has 0 aliphatic carbocycles. The highest BCUT2D eigenvalue weighted by Gasteiger charge is 2.29. The highest BCUT2D eigenvalue weighted by molar-refractivity contribution is 7.88. The molecule has 1 amide bonds. The molecule has 14 heteroatoms. The van der Waals surface area contributed by atoms with Crippen LogP contribution in [-0.4, -0.2) is 75.2 Å².